The molecule has 8 nitrogen and oxygen atoms in total. The number of carbonyl (C=O) groups excluding carboxylic acids is 1. The van der Waals surface area contributed by atoms with Crippen molar-refractivity contribution in [2.24, 2.45) is 5.92 Å². The van der Waals surface area contributed by atoms with Gasteiger partial charge < -0.3 is 15.3 Å². The van der Waals surface area contributed by atoms with Crippen LogP contribution < -0.4 is 5.32 Å². The van der Waals surface area contributed by atoms with Crippen molar-refractivity contribution < 1.29 is 14.7 Å². The Balaban J connectivity index is 0.000000645. The fourth-order valence-electron chi connectivity index (χ4n) is 4.40. The van der Waals surface area contributed by atoms with E-state index >= 15 is 0 Å². The van der Waals surface area contributed by atoms with Crippen LogP contribution in [0.4, 0.5) is 0 Å². The molecule has 3 heterocycles. The number of H-pyrrole nitrogens is 1. The van der Waals surface area contributed by atoms with Crippen molar-refractivity contribution in [3.63, 3.8) is 0 Å². The minimum Gasteiger partial charge on any atom is -0.483 e. The van der Waals surface area contributed by atoms with Gasteiger partial charge in [0.1, 0.15) is 5.01 Å². The van der Waals surface area contributed by atoms with E-state index in [1.165, 1.54) is 6.42 Å². The van der Waals surface area contributed by atoms with Gasteiger partial charge in [0.2, 0.25) is 0 Å². The lowest BCUT2D eigenvalue weighted by Crippen LogP contribution is -2.44. The van der Waals surface area contributed by atoms with Crippen molar-refractivity contribution in [1.82, 2.24) is 25.4 Å². The molecule has 2 aromatic heterocycles. The summed E-state index contributed by atoms with van der Waals surface area (Å²) in [7, 11) is 2.17. The van der Waals surface area contributed by atoms with Crippen LogP contribution in [0.15, 0.2) is 23.6 Å². The summed E-state index contributed by atoms with van der Waals surface area (Å²) in [4.78, 5) is 28.2. The predicted octanol–water partition coefficient (Wildman–Crippen LogP) is 2.52. The van der Waals surface area contributed by atoms with Crippen molar-refractivity contribution in [3.05, 3.63) is 35.0 Å². The summed E-state index contributed by atoms with van der Waals surface area (Å²) in [5, 5.41) is 21.2. The van der Waals surface area contributed by atoms with Crippen LogP contribution in [-0.4, -0.2) is 63.2 Å². The number of carboxylic acid groups (broad SMARTS) is 1. The molecule has 3 unspecified atom stereocenters. The highest BCUT2D eigenvalue weighted by molar-refractivity contribution is 7.13. The topological polar surface area (TPSA) is 111 Å². The Morgan fingerprint density at radius 2 is 2.21 bits per heavy atom. The number of fused-ring (bicyclic) bond motifs is 3. The number of carbonyl (C=O) groups is 2. The molecule has 2 bridgehead atoms. The molecule has 0 spiro atoms. The summed E-state index contributed by atoms with van der Waals surface area (Å²) >= 11 is 1.62. The summed E-state index contributed by atoms with van der Waals surface area (Å²) in [5.74, 6) is 0.483. The van der Waals surface area contributed by atoms with E-state index in [0.29, 0.717) is 17.7 Å². The van der Waals surface area contributed by atoms with Gasteiger partial charge in [0.05, 0.1) is 5.52 Å². The minimum absolute atomic E-state index is 0.0797. The van der Waals surface area contributed by atoms with Gasteiger partial charge in [-0.1, -0.05) is 0 Å². The number of hydrogen-bond acceptors (Lipinski definition) is 6. The Morgan fingerprint density at radius 3 is 2.83 bits per heavy atom. The Labute approximate surface area is 171 Å². The third-order valence-electron chi connectivity index (χ3n) is 5.78. The Hall–Kier alpha value is -2.78. The monoisotopic (exact) mass is 413 g/mol. The Bertz CT molecular complexity index is 1040. The quantitative estimate of drug-likeness (QED) is 0.569. The maximum atomic E-state index is 12.9. The fourth-order valence-corrected chi connectivity index (χ4v) is 5.19. The maximum Gasteiger partial charge on any atom is 0.290 e. The van der Waals surface area contributed by atoms with Crippen LogP contribution in [0.5, 0.6) is 0 Å². The van der Waals surface area contributed by atoms with E-state index in [2.05, 4.69) is 32.4 Å². The molecule has 9 heteroatoms. The second kappa shape index (κ2) is 7.92. The van der Waals surface area contributed by atoms with Crippen molar-refractivity contribution in [3.8, 4) is 10.6 Å². The van der Waals surface area contributed by atoms with Crippen LogP contribution in [0.2, 0.25) is 0 Å². The highest BCUT2D eigenvalue weighted by Gasteiger charge is 2.43. The van der Waals surface area contributed by atoms with Gasteiger partial charge in [-0.15, -0.1) is 11.3 Å². The van der Waals surface area contributed by atoms with Crippen molar-refractivity contribution >= 4 is 34.6 Å². The molecular formula is C20H23N5O3S. The van der Waals surface area contributed by atoms with Gasteiger partial charge in [0.15, 0.2) is 5.69 Å². The number of aromatic amines is 1. The van der Waals surface area contributed by atoms with Crippen molar-refractivity contribution in [2.45, 2.75) is 31.8 Å². The number of nitrogens with one attached hydrogen (secondary N) is 2. The van der Waals surface area contributed by atoms with Gasteiger partial charge in [-0.05, 0) is 50.9 Å². The number of benzene rings is 1. The first-order valence-electron chi connectivity index (χ1n) is 9.49. The molecule has 5 rings (SSSR count). The molecule has 2 fully saturated rings. The molecule has 1 saturated heterocycles. The zero-order valence-corrected chi connectivity index (χ0v) is 17.1. The molecule has 1 aliphatic carbocycles. The molecule has 2 aliphatic rings. The van der Waals surface area contributed by atoms with Crippen LogP contribution in [0.3, 0.4) is 0 Å². The first-order valence-corrected chi connectivity index (χ1v) is 10.4. The highest BCUT2D eigenvalue weighted by atomic mass is 32.1. The van der Waals surface area contributed by atoms with Gasteiger partial charge >= 0.3 is 0 Å². The minimum atomic E-state index is -0.250. The molecular weight excluding hydrogens is 390 g/mol. The number of nitrogens with zero attached hydrogens (tertiary/aromatic N) is 3. The average Bonchev–Trinajstić information content (AvgIpc) is 3.45. The van der Waals surface area contributed by atoms with Crippen LogP contribution >= 0.6 is 11.3 Å². The molecule has 0 radical (unpaired) electrons. The van der Waals surface area contributed by atoms with E-state index in [-0.39, 0.29) is 18.4 Å². The third-order valence-corrected chi connectivity index (χ3v) is 6.79. The largest absolute Gasteiger partial charge is 0.483 e. The van der Waals surface area contributed by atoms with Crippen LogP contribution in [0.1, 0.15) is 29.0 Å². The maximum absolute atomic E-state index is 12.9. The number of rotatable bonds is 3. The lowest BCUT2D eigenvalue weighted by molar-refractivity contribution is -0.122. The second-order valence-corrected chi connectivity index (χ2v) is 8.49. The van der Waals surface area contributed by atoms with Gasteiger partial charge in [0.25, 0.3) is 12.4 Å². The standard InChI is InChI=1S/C19H21N5OS.CH2O2/c1-10-9-26-19(20-10)11-3-4-15-14(6-11)17(23-22-15)18(25)21-16-7-13-5-12(16)8-24(13)2;2-1-3/h3-4,6,9,12-13,16H,5,7-8H2,1-2H3,(H,21,25)(H,22,23);1H,(H,2,3). The smallest absolute Gasteiger partial charge is 0.290 e. The van der Waals surface area contributed by atoms with Gasteiger partial charge in [-0.2, -0.15) is 5.10 Å². The normalized spacial score (nSPS) is 23.0. The number of amides is 1. The lowest BCUT2D eigenvalue weighted by atomic mass is 10.0. The third kappa shape index (κ3) is 3.75. The summed E-state index contributed by atoms with van der Waals surface area (Å²) < 4.78 is 0. The molecule has 29 heavy (non-hydrogen) atoms. The van der Waals surface area contributed by atoms with Gasteiger partial charge in [0, 0.05) is 40.7 Å². The number of aromatic nitrogens is 3. The van der Waals surface area contributed by atoms with E-state index in [4.69, 9.17) is 9.90 Å². The SMILES string of the molecule is Cc1csc(-c2ccc3[nH]nc(C(=O)NC4CC5CC4CN5C)c3c2)n1.O=CO. The summed E-state index contributed by atoms with van der Waals surface area (Å²) in [6.45, 7) is 2.81. The van der Waals surface area contributed by atoms with E-state index in [9.17, 15) is 4.79 Å². The zero-order valence-electron chi connectivity index (χ0n) is 16.3. The van der Waals surface area contributed by atoms with Crippen LogP contribution in [0, 0.1) is 12.8 Å². The summed E-state index contributed by atoms with van der Waals surface area (Å²) in [6, 6.07) is 6.88. The lowest BCUT2D eigenvalue weighted by Gasteiger charge is -2.28. The van der Waals surface area contributed by atoms with Crippen molar-refractivity contribution in [1.29, 1.82) is 0 Å². The molecule has 3 aromatic rings. The summed E-state index contributed by atoms with van der Waals surface area (Å²) in [6.07, 6.45) is 2.23. The highest BCUT2D eigenvalue weighted by Crippen LogP contribution is 2.37. The Morgan fingerprint density at radius 1 is 1.41 bits per heavy atom. The molecule has 1 saturated carbocycles. The van der Waals surface area contributed by atoms with E-state index < -0.39 is 0 Å². The number of piperidine rings is 1. The molecule has 3 N–H and O–H groups in total. The van der Waals surface area contributed by atoms with Gasteiger partial charge in [-0.3, -0.25) is 14.7 Å². The first-order chi connectivity index (χ1) is 14.0. The summed E-state index contributed by atoms with van der Waals surface area (Å²) in [5.41, 5.74) is 3.38. The molecule has 152 valence electrons. The van der Waals surface area contributed by atoms with Crippen LogP contribution in [0.25, 0.3) is 21.5 Å². The number of hydrogen-bond donors (Lipinski definition) is 3. The molecule has 1 amide bonds. The molecule has 3 atom stereocenters. The fraction of sp³-hybridized carbons (Fsp3) is 0.400. The van der Waals surface area contributed by atoms with Crippen molar-refractivity contribution in [2.75, 3.05) is 13.6 Å². The first kappa shape index (κ1) is 19.5. The zero-order chi connectivity index (χ0) is 20.5. The molecule has 1 aromatic carbocycles. The number of aryl methyl sites for hydroxylation is 1. The van der Waals surface area contributed by atoms with E-state index in [1.54, 1.807) is 11.3 Å². The molecule has 1 aliphatic heterocycles. The van der Waals surface area contributed by atoms with Crippen LogP contribution in [-0.2, 0) is 4.79 Å². The van der Waals surface area contributed by atoms with E-state index in [1.807, 2.05) is 30.5 Å². The average molecular weight is 414 g/mol. The number of thiazole rings is 1. The Kier molecular flexibility index (Phi) is 5.33. The van der Waals surface area contributed by atoms with Gasteiger partial charge in [-0.25, -0.2) is 4.98 Å². The number of likely N-dealkylation sites (tertiary alicyclic amines) is 1. The predicted molar refractivity (Wildman–Crippen MR) is 111 cm³/mol. The second-order valence-electron chi connectivity index (χ2n) is 7.64. The van der Waals surface area contributed by atoms with E-state index in [0.717, 1.165) is 40.1 Å².